The third-order valence-corrected chi connectivity index (χ3v) is 19.6. The quantitative estimate of drug-likeness (QED) is 0.0222. The van der Waals surface area contributed by atoms with Gasteiger partial charge in [0.25, 0.3) is 0 Å². The Morgan fingerprint density at radius 1 is 0.298 bits per heavy atom. The predicted octanol–water partition coefficient (Wildman–Crippen LogP) is 21.7. The number of ether oxygens (including phenoxy) is 4. The lowest BCUT2D eigenvalue weighted by Crippen LogP contribution is -2.30. The van der Waals surface area contributed by atoms with E-state index in [2.05, 4.69) is 55.4 Å². The highest BCUT2D eigenvalue weighted by molar-refractivity contribution is 7.47. The van der Waals surface area contributed by atoms with Crippen LogP contribution in [-0.2, 0) is 65.4 Å². The molecule has 0 radical (unpaired) electrons. The third-order valence-electron chi connectivity index (χ3n) is 17.7. The van der Waals surface area contributed by atoms with Gasteiger partial charge >= 0.3 is 39.5 Å². The van der Waals surface area contributed by atoms with Crippen molar-refractivity contribution in [3.8, 4) is 0 Å². The topological polar surface area (TPSA) is 237 Å². The van der Waals surface area contributed by atoms with Crippen LogP contribution in [0.5, 0.6) is 0 Å². The molecule has 0 spiro atoms. The number of hydrogen-bond donors (Lipinski definition) is 3. The van der Waals surface area contributed by atoms with Crippen LogP contribution in [0.25, 0.3) is 0 Å². The van der Waals surface area contributed by atoms with E-state index in [0.29, 0.717) is 31.6 Å². The Hall–Kier alpha value is -1.94. The first-order valence-corrected chi connectivity index (χ1v) is 41.7. The number of unbranched alkanes of at least 4 members (excludes halogenated alkanes) is 37. The fourth-order valence-corrected chi connectivity index (χ4v) is 12.9. The molecule has 17 nitrogen and oxygen atoms in total. The summed E-state index contributed by atoms with van der Waals surface area (Å²) in [5.74, 6) is 0.896. The van der Waals surface area contributed by atoms with Gasteiger partial charge in [0, 0.05) is 25.7 Å². The molecular formula is C75H146O17P2. The molecule has 0 saturated carbocycles. The van der Waals surface area contributed by atoms with E-state index in [0.717, 1.165) is 114 Å². The summed E-state index contributed by atoms with van der Waals surface area (Å²) in [6.45, 7) is 14.1. The Kier molecular flexibility index (Phi) is 63.1. The molecular weight excluding hydrogens is 1230 g/mol. The van der Waals surface area contributed by atoms with Crippen molar-refractivity contribution >= 4 is 39.5 Å². The van der Waals surface area contributed by atoms with Crippen LogP contribution >= 0.6 is 15.6 Å². The maximum absolute atomic E-state index is 13.0. The zero-order chi connectivity index (χ0) is 69.6. The molecule has 0 aromatic heterocycles. The Bertz CT molecular complexity index is 1850. The zero-order valence-electron chi connectivity index (χ0n) is 61.6. The number of carbonyl (C=O) groups excluding carboxylic acids is 4. The van der Waals surface area contributed by atoms with Crippen LogP contribution in [0.15, 0.2) is 0 Å². The second-order valence-corrected chi connectivity index (χ2v) is 31.6. The Morgan fingerprint density at radius 3 is 0.755 bits per heavy atom. The van der Waals surface area contributed by atoms with E-state index >= 15 is 0 Å². The molecule has 0 aromatic rings. The van der Waals surface area contributed by atoms with Crippen molar-refractivity contribution in [2.75, 3.05) is 39.6 Å². The lowest BCUT2D eigenvalue weighted by atomic mass is 10.00. The lowest BCUT2D eigenvalue weighted by molar-refractivity contribution is -0.161. The van der Waals surface area contributed by atoms with E-state index in [9.17, 15) is 43.2 Å². The van der Waals surface area contributed by atoms with Crippen molar-refractivity contribution in [2.24, 2.45) is 23.7 Å². The maximum Gasteiger partial charge on any atom is 0.472 e. The Labute approximate surface area is 575 Å². The van der Waals surface area contributed by atoms with Crippen molar-refractivity contribution in [2.45, 2.75) is 395 Å². The molecule has 0 heterocycles. The minimum absolute atomic E-state index is 0.103. The van der Waals surface area contributed by atoms with E-state index in [1.54, 1.807) is 0 Å². The van der Waals surface area contributed by atoms with Crippen molar-refractivity contribution in [1.82, 2.24) is 0 Å². The minimum atomic E-state index is -4.96. The summed E-state index contributed by atoms with van der Waals surface area (Å²) in [5.41, 5.74) is 0. The molecule has 3 N–H and O–H groups in total. The average Bonchev–Trinajstić information content (AvgIpc) is 1.79. The number of carbonyl (C=O) groups is 4. The van der Waals surface area contributed by atoms with Gasteiger partial charge in [-0.05, 0) is 49.4 Å². The van der Waals surface area contributed by atoms with Crippen LogP contribution < -0.4 is 0 Å². The van der Waals surface area contributed by atoms with Crippen LogP contribution in [0.1, 0.15) is 376 Å². The summed E-state index contributed by atoms with van der Waals surface area (Å²) in [6.07, 6.45) is 48.7. The van der Waals surface area contributed by atoms with E-state index < -0.39 is 97.5 Å². The highest BCUT2D eigenvalue weighted by atomic mass is 31.2. The van der Waals surface area contributed by atoms with Gasteiger partial charge in [0.1, 0.15) is 19.3 Å². The lowest BCUT2D eigenvalue weighted by Gasteiger charge is -2.21. The number of phosphoric acid groups is 2. The molecule has 558 valence electrons. The van der Waals surface area contributed by atoms with Gasteiger partial charge in [-0.15, -0.1) is 0 Å². The standard InChI is InChI=1S/C75H146O17P2/c1-9-68(8)54-46-38-33-34-40-48-56-73(78)86-62-71(91-74(79)57-49-41-31-25-21-17-13-11-15-19-23-28-36-44-52-66(4)5)64-90-94(83,84)88-60-69(76)59-87-93(81,82)89-63-70(92-75(80)58-50-42-32-26-29-37-45-53-67(6)7)61-85-72(77)55-47-39-30-24-20-16-12-10-14-18-22-27-35-43-51-65(2)3/h65-71,76H,9-64H2,1-8H3,(H,81,82)(H,83,84)/t68?,69-,70-,71-/m1/s1. The fraction of sp³-hybridized carbons (Fsp3) is 0.947. The summed E-state index contributed by atoms with van der Waals surface area (Å²) < 4.78 is 68.4. The monoisotopic (exact) mass is 1380 g/mol. The Morgan fingerprint density at radius 2 is 0.511 bits per heavy atom. The van der Waals surface area contributed by atoms with Crippen molar-refractivity contribution < 1.29 is 80.2 Å². The number of aliphatic hydroxyl groups is 1. The molecule has 0 bridgehead atoms. The van der Waals surface area contributed by atoms with Gasteiger partial charge in [-0.1, -0.05) is 325 Å². The molecule has 19 heteroatoms. The van der Waals surface area contributed by atoms with Gasteiger partial charge in [0.2, 0.25) is 0 Å². The minimum Gasteiger partial charge on any atom is -0.462 e. The van der Waals surface area contributed by atoms with Crippen molar-refractivity contribution in [3.63, 3.8) is 0 Å². The number of hydrogen-bond acceptors (Lipinski definition) is 15. The molecule has 0 saturated heterocycles. The van der Waals surface area contributed by atoms with Crippen LogP contribution in [0, 0.1) is 23.7 Å². The molecule has 0 fully saturated rings. The molecule has 0 aromatic carbocycles. The zero-order valence-corrected chi connectivity index (χ0v) is 63.4. The molecule has 0 aliphatic carbocycles. The van der Waals surface area contributed by atoms with Gasteiger partial charge in [0.05, 0.1) is 26.4 Å². The van der Waals surface area contributed by atoms with E-state index in [1.807, 2.05) is 0 Å². The number of aliphatic hydroxyl groups excluding tert-OH is 1. The van der Waals surface area contributed by atoms with E-state index in [-0.39, 0.29) is 25.7 Å². The predicted molar refractivity (Wildman–Crippen MR) is 381 cm³/mol. The molecule has 0 aliphatic heterocycles. The van der Waals surface area contributed by atoms with Gasteiger partial charge < -0.3 is 33.8 Å². The molecule has 0 amide bonds. The molecule has 3 unspecified atom stereocenters. The molecule has 0 aliphatic rings. The molecule has 6 atom stereocenters. The summed E-state index contributed by atoms with van der Waals surface area (Å²) in [4.78, 5) is 72.7. The third kappa shape index (κ3) is 67.3. The number of esters is 4. The first kappa shape index (κ1) is 92.1. The second kappa shape index (κ2) is 64.4. The van der Waals surface area contributed by atoms with Gasteiger partial charge in [-0.25, -0.2) is 9.13 Å². The summed E-state index contributed by atoms with van der Waals surface area (Å²) in [7, 11) is -9.91. The van der Waals surface area contributed by atoms with E-state index in [1.165, 1.54) is 173 Å². The first-order valence-electron chi connectivity index (χ1n) is 38.7. The smallest absolute Gasteiger partial charge is 0.462 e. The highest BCUT2D eigenvalue weighted by Gasteiger charge is 2.30. The largest absolute Gasteiger partial charge is 0.472 e. The van der Waals surface area contributed by atoms with Crippen LogP contribution in [0.2, 0.25) is 0 Å². The molecule has 94 heavy (non-hydrogen) atoms. The second-order valence-electron chi connectivity index (χ2n) is 28.7. The van der Waals surface area contributed by atoms with Crippen molar-refractivity contribution in [3.05, 3.63) is 0 Å². The summed E-state index contributed by atoms with van der Waals surface area (Å²) in [6, 6.07) is 0. The summed E-state index contributed by atoms with van der Waals surface area (Å²) >= 11 is 0. The normalized spacial score (nSPS) is 14.4. The van der Waals surface area contributed by atoms with Gasteiger partial charge in [-0.3, -0.25) is 37.3 Å². The Balaban J connectivity index is 5.20. The van der Waals surface area contributed by atoms with Crippen LogP contribution in [0.4, 0.5) is 0 Å². The van der Waals surface area contributed by atoms with E-state index in [4.69, 9.17) is 37.0 Å². The highest BCUT2D eigenvalue weighted by Crippen LogP contribution is 2.45. The average molecular weight is 1380 g/mol. The van der Waals surface area contributed by atoms with Crippen molar-refractivity contribution in [1.29, 1.82) is 0 Å². The number of rotatable bonds is 72. The van der Waals surface area contributed by atoms with Crippen LogP contribution in [0.3, 0.4) is 0 Å². The SMILES string of the molecule is CCC(C)CCCCCCCCC(=O)OC[C@H](COP(=O)(O)OC[C@H](O)COP(=O)(O)OC[C@@H](COC(=O)CCCCCCCCCCCCCCCCC(C)C)OC(=O)CCCCCCCCCC(C)C)OC(=O)CCCCCCCCCCCCCCCCC(C)C. The van der Waals surface area contributed by atoms with Gasteiger partial charge in [-0.2, -0.15) is 0 Å². The van der Waals surface area contributed by atoms with Gasteiger partial charge in [0.15, 0.2) is 12.2 Å². The fourth-order valence-electron chi connectivity index (χ4n) is 11.3. The summed E-state index contributed by atoms with van der Waals surface area (Å²) in [5, 5.41) is 10.6. The maximum atomic E-state index is 13.0. The molecule has 0 rings (SSSR count). The van der Waals surface area contributed by atoms with Crippen LogP contribution in [-0.4, -0.2) is 96.7 Å². The first-order chi connectivity index (χ1) is 45.1. The number of phosphoric ester groups is 2.